The lowest BCUT2D eigenvalue weighted by Gasteiger charge is -2.41. The van der Waals surface area contributed by atoms with Crippen molar-refractivity contribution < 1.29 is 18.0 Å². The molecular weight excluding hydrogens is 609 g/mol. The van der Waals surface area contributed by atoms with Crippen LogP contribution in [0.3, 0.4) is 0 Å². The molecule has 0 bridgehead atoms. The molecule has 8 nitrogen and oxygen atoms in total. The third-order valence-electron chi connectivity index (χ3n) is 10.2. The van der Waals surface area contributed by atoms with E-state index in [2.05, 4.69) is 15.1 Å². The Hall–Kier alpha value is -4.57. The first-order chi connectivity index (χ1) is 22.4. The van der Waals surface area contributed by atoms with Crippen LogP contribution in [0.4, 0.5) is 11.4 Å². The smallest absolute Gasteiger partial charge is 0.242 e. The summed E-state index contributed by atoms with van der Waals surface area (Å²) >= 11 is 0. The van der Waals surface area contributed by atoms with Gasteiger partial charge in [-0.05, 0) is 78.2 Å². The first kappa shape index (κ1) is 29.8. The van der Waals surface area contributed by atoms with Gasteiger partial charge in [0.2, 0.25) is 10.0 Å². The van der Waals surface area contributed by atoms with E-state index in [0.29, 0.717) is 48.4 Å². The minimum atomic E-state index is -3.83. The molecule has 0 spiro atoms. The number of anilines is 2. The molecule has 0 saturated carbocycles. The largest absolute Gasteiger partial charge is 0.371 e. The molecule has 0 aromatic heterocycles. The number of likely N-dealkylation sites (N-methyl/N-ethyl adjacent to an activating group) is 4. The van der Waals surface area contributed by atoms with Crippen LogP contribution in [-0.2, 0) is 10.0 Å². The van der Waals surface area contributed by atoms with Gasteiger partial charge >= 0.3 is 0 Å². The second-order valence-corrected chi connectivity index (χ2v) is 15.2. The molecule has 238 valence electrons. The first-order valence-electron chi connectivity index (χ1n) is 15.9. The molecule has 1 aliphatic heterocycles. The number of aryl methyl sites for hydroxylation is 2. The first-order valence-corrected chi connectivity index (χ1v) is 17.4. The van der Waals surface area contributed by atoms with Crippen molar-refractivity contribution in [3.63, 3.8) is 0 Å². The summed E-state index contributed by atoms with van der Waals surface area (Å²) in [4.78, 5) is 33.9. The molecule has 0 saturated heterocycles. The van der Waals surface area contributed by atoms with Crippen LogP contribution in [0.15, 0.2) is 59.5 Å². The summed E-state index contributed by atoms with van der Waals surface area (Å²) in [5.41, 5.74) is 9.07. The average Bonchev–Trinajstić information content (AvgIpc) is 3.05. The van der Waals surface area contributed by atoms with E-state index in [4.69, 9.17) is 0 Å². The molecule has 5 aromatic rings. The van der Waals surface area contributed by atoms with Crippen molar-refractivity contribution in [3.8, 4) is 22.3 Å². The normalized spacial score (nSPS) is 15.0. The van der Waals surface area contributed by atoms with Crippen LogP contribution in [0.2, 0.25) is 0 Å². The summed E-state index contributed by atoms with van der Waals surface area (Å²) in [6.45, 7) is 6.18. The molecule has 1 heterocycles. The van der Waals surface area contributed by atoms with E-state index >= 15 is 0 Å². The van der Waals surface area contributed by atoms with Crippen LogP contribution in [0.25, 0.3) is 43.8 Å². The Morgan fingerprint density at radius 2 is 1.21 bits per heavy atom. The fourth-order valence-corrected chi connectivity index (χ4v) is 9.04. The van der Waals surface area contributed by atoms with Gasteiger partial charge in [0.15, 0.2) is 11.6 Å². The van der Waals surface area contributed by atoms with E-state index < -0.39 is 10.0 Å². The van der Waals surface area contributed by atoms with Crippen LogP contribution < -0.4 is 15.1 Å². The summed E-state index contributed by atoms with van der Waals surface area (Å²) in [6.07, 6.45) is 0. The maximum atomic E-state index is 14.8. The average molecular weight is 645 g/mol. The van der Waals surface area contributed by atoms with Crippen molar-refractivity contribution in [2.75, 3.05) is 64.2 Å². The molecule has 0 amide bonds. The maximum Gasteiger partial charge on any atom is 0.242 e. The van der Waals surface area contributed by atoms with Gasteiger partial charge in [-0.3, -0.25) is 9.59 Å². The SMILES string of the molecule is CNCCN(C)S(=O)(=O)c1ccc2c3c4c(c5c(c6c4c(c2c1)-c1ccc(C)cc1C6=O)N(C)CCN5C)C(=O)c1cc(C)ccc1-3. The van der Waals surface area contributed by atoms with Crippen molar-refractivity contribution >= 4 is 54.5 Å². The van der Waals surface area contributed by atoms with Crippen LogP contribution in [0, 0.1) is 13.8 Å². The lowest BCUT2D eigenvalue weighted by atomic mass is 9.71. The highest BCUT2D eigenvalue weighted by Gasteiger charge is 2.42. The van der Waals surface area contributed by atoms with Crippen molar-refractivity contribution in [3.05, 3.63) is 88.0 Å². The molecule has 0 unspecified atom stereocenters. The number of ketones is 2. The van der Waals surface area contributed by atoms with E-state index in [1.54, 1.807) is 26.2 Å². The quantitative estimate of drug-likeness (QED) is 0.239. The monoisotopic (exact) mass is 644 g/mol. The van der Waals surface area contributed by atoms with E-state index in [0.717, 1.165) is 66.3 Å². The zero-order valence-electron chi connectivity index (χ0n) is 27.4. The van der Waals surface area contributed by atoms with E-state index in [-0.39, 0.29) is 16.5 Å². The maximum absolute atomic E-state index is 14.8. The van der Waals surface area contributed by atoms with Crippen molar-refractivity contribution in [1.29, 1.82) is 0 Å². The third-order valence-corrected chi connectivity index (χ3v) is 12.1. The van der Waals surface area contributed by atoms with E-state index in [1.165, 1.54) is 4.31 Å². The summed E-state index contributed by atoms with van der Waals surface area (Å²) in [5, 5.41) is 6.11. The van der Waals surface area contributed by atoms with Gasteiger partial charge in [-0.2, -0.15) is 4.31 Å². The second kappa shape index (κ2) is 10.2. The third kappa shape index (κ3) is 3.97. The molecule has 1 N–H and O–H groups in total. The van der Waals surface area contributed by atoms with Gasteiger partial charge < -0.3 is 15.1 Å². The standard InChI is InChI=1S/C38H36N4O4S/c1-20-7-10-24-27(17-20)37(43)33-31-29(24)23-12-9-22(47(45,46)42(6)14-13-39-3)19-26(23)30-25-11-8-21(2)18-28(25)38(44)34(32(30)31)36-35(33)40(4)15-16-41(36)5/h7-12,17-19,39H,13-16H2,1-6H3. The Balaban J connectivity index is 1.64. The molecule has 3 aliphatic rings. The zero-order valence-corrected chi connectivity index (χ0v) is 28.2. The second-order valence-electron chi connectivity index (χ2n) is 13.2. The number of hydrogen-bond acceptors (Lipinski definition) is 7. The summed E-state index contributed by atoms with van der Waals surface area (Å²) < 4.78 is 29.2. The van der Waals surface area contributed by atoms with Crippen LogP contribution in [0.1, 0.15) is 43.0 Å². The van der Waals surface area contributed by atoms with E-state index in [9.17, 15) is 18.0 Å². The number of hydrogen-bond donors (Lipinski definition) is 1. The van der Waals surface area contributed by atoms with Crippen molar-refractivity contribution in [2.45, 2.75) is 18.7 Å². The Morgan fingerprint density at radius 3 is 1.72 bits per heavy atom. The Morgan fingerprint density at radius 1 is 0.702 bits per heavy atom. The van der Waals surface area contributed by atoms with Gasteiger partial charge in [-0.25, -0.2) is 8.42 Å². The molecule has 8 rings (SSSR count). The van der Waals surface area contributed by atoms with Crippen LogP contribution in [0.5, 0.6) is 0 Å². The number of nitrogens with one attached hydrogen (secondary N) is 1. The summed E-state index contributed by atoms with van der Waals surface area (Å²) in [5.74, 6) is -0.136. The lowest BCUT2D eigenvalue weighted by Crippen LogP contribution is -2.39. The number of fused-ring (bicyclic) bond motifs is 10. The van der Waals surface area contributed by atoms with Gasteiger partial charge in [-0.1, -0.05) is 41.5 Å². The number of nitrogens with zero attached hydrogens (tertiary/aromatic N) is 3. The fourth-order valence-electron chi connectivity index (χ4n) is 7.84. The van der Waals surface area contributed by atoms with Gasteiger partial charge in [0.05, 0.1) is 27.4 Å². The highest BCUT2D eigenvalue weighted by atomic mass is 32.2. The molecule has 0 fully saturated rings. The summed E-state index contributed by atoms with van der Waals surface area (Å²) in [7, 11) is 3.54. The topological polar surface area (TPSA) is 90.0 Å². The summed E-state index contributed by atoms with van der Waals surface area (Å²) in [6, 6.07) is 17.2. The Labute approximate surface area is 274 Å². The molecule has 2 aliphatic carbocycles. The Kier molecular flexibility index (Phi) is 6.48. The van der Waals surface area contributed by atoms with Crippen LogP contribution in [-0.4, -0.2) is 78.7 Å². The molecule has 9 heteroatoms. The minimum Gasteiger partial charge on any atom is -0.371 e. The fraction of sp³-hybridized carbons (Fsp3) is 0.263. The molecule has 5 aromatic carbocycles. The predicted molar refractivity (Wildman–Crippen MR) is 189 cm³/mol. The number of sulfonamides is 1. The van der Waals surface area contributed by atoms with Gasteiger partial charge in [0.25, 0.3) is 0 Å². The predicted octanol–water partition coefficient (Wildman–Crippen LogP) is 5.76. The number of rotatable bonds is 5. The molecule has 47 heavy (non-hydrogen) atoms. The van der Waals surface area contributed by atoms with E-state index in [1.807, 2.05) is 70.4 Å². The van der Waals surface area contributed by atoms with Gasteiger partial charge in [0.1, 0.15) is 0 Å². The van der Waals surface area contributed by atoms with Crippen molar-refractivity contribution in [2.24, 2.45) is 0 Å². The zero-order chi connectivity index (χ0) is 33.1. The highest BCUT2D eigenvalue weighted by molar-refractivity contribution is 7.89. The molecule has 0 atom stereocenters. The number of carbonyl (C=O) groups is 2. The Bertz CT molecular complexity index is 2380. The highest BCUT2D eigenvalue weighted by Crippen LogP contribution is 2.58. The number of carbonyl (C=O) groups excluding carboxylic acids is 2. The molecular formula is C38H36N4O4S. The van der Waals surface area contributed by atoms with Crippen LogP contribution >= 0.6 is 0 Å². The van der Waals surface area contributed by atoms with Crippen molar-refractivity contribution in [1.82, 2.24) is 9.62 Å². The van der Waals surface area contributed by atoms with Gasteiger partial charge in [0, 0.05) is 69.2 Å². The number of benzene rings is 5. The van der Waals surface area contributed by atoms with Gasteiger partial charge in [-0.15, -0.1) is 0 Å². The molecule has 0 radical (unpaired) electrons. The lowest BCUT2D eigenvalue weighted by molar-refractivity contribution is 0.103. The minimum absolute atomic E-state index is 0.0565.